The molecule has 1 aliphatic heterocycles. The van der Waals surface area contributed by atoms with Crippen molar-refractivity contribution in [1.82, 2.24) is 4.90 Å². The predicted octanol–water partition coefficient (Wildman–Crippen LogP) is 1.19. The van der Waals surface area contributed by atoms with Crippen molar-refractivity contribution >= 4 is 29.3 Å². The monoisotopic (exact) mass is 280 g/mol. The topological polar surface area (TPSA) is 83.6 Å². The molecule has 0 bridgehead atoms. The first-order valence-electron chi connectivity index (χ1n) is 6.02. The molecule has 0 saturated carbocycles. The molecule has 1 saturated heterocycles. The Morgan fingerprint density at radius 3 is 2.68 bits per heavy atom. The second-order valence-corrected chi connectivity index (χ2v) is 5.46. The molecule has 102 valence electrons. The zero-order valence-electron chi connectivity index (χ0n) is 10.4. The van der Waals surface area contributed by atoms with Crippen LogP contribution in [0.1, 0.15) is 12.0 Å². The molecule has 0 unspecified atom stereocenters. The van der Waals surface area contributed by atoms with E-state index in [1.54, 1.807) is 12.1 Å². The number of nitrogens with two attached hydrogens (primary N) is 1. The van der Waals surface area contributed by atoms with Gasteiger partial charge in [0.1, 0.15) is 6.04 Å². The van der Waals surface area contributed by atoms with Crippen molar-refractivity contribution < 1.29 is 14.7 Å². The number of carbonyl (C=O) groups is 2. The zero-order chi connectivity index (χ0) is 13.8. The molecule has 6 heteroatoms. The summed E-state index contributed by atoms with van der Waals surface area (Å²) in [7, 11) is 0. The Morgan fingerprint density at radius 2 is 2.05 bits per heavy atom. The van der Waals surface area contributed by atoms with Gasteiger partial charge < -0.3 is 15.7 Å². The molecule has 19 heavy (non-hydrogen) atoms. The van der Waals surface area contributed by atoms with E-state index in [2.05, 4.69) is 0 Å². The molecule has 1 amide bonds. The van der Waals surface area contributed by atoms with E-state index in [0.29, 0.717) is 30.2 Å². The molecule has 0 aromatic heterocycles. The molecule has 1 atom stereocenters. The first kappa shape index (κ1) is 13.7. The van der Waals surface area contributed by atoms with Crippen LogP contribution in [0.25, 0.3) is 0 Å². The van der Waals surface area contributed by atoms with E-state index in [1.165, 1.54) is 16.7 Å². The summed E-state index contributed by atoms with van der Waals surface area (Å²) in [5, 5.41) is 9.03. The van der Waals surface area contributed by atoms with Crippen LogP contribution in [0.3, 0.4) is 0 Å². The summed E-state index contributed by atoms with van der Waals surface area (Å²) in [5.74, 6) is -0.0828. The molecule has 1 aromatic rings. The van der Waals surface area contributed by atoms with Gasteiger partial charge in [0.2, 0.25) is 5.91 Å². The highest BCUT2D eigenvalue weighted by Gasteiger charge is 2.33. The van der Waals surface area contributed by atoms with Crippen LogP contribution >= 0.6 is 11.8 Å². The van der Waals surface area contributed by atoms with Gasteiger partial charge in [0.05, 0.1) is 5.88 Å². The lowest BCUT2D eigenvalue weighted by Gasteiger charge is -2.20. The van der Waals surface area contributed by atoms with Gasteiger partial charge in [-0.1, -0.05) is 12.1 Å². The van der Waals surface area contributed by atoms with Gasteiger partial charge in [-0.05, 0) is 24.1 Å². The average molecular weight is 280 g/mol. The van der Waals surface area contributed by atoms with Gasteiger partial charge in [0, 0.05) is 17.9 Å². The van der Waals surface area contributed by atoms with E-state index in [4.69, 9.17) is 10.8 Å². The van der Waals surface area contributed by atoms with Crippen LogP contribution in [0.5, 0.6) is 0 Å². The summed E-state index contributed by atoms with van der Waals surface area (Å²) in [6.07, 6.45) is 0.931. The van der Waals surface area contributed by atoms with Crippen LogP contribution in [0.2, 0.25) is 0 Å². The minimum atomic E-state index is -0.925. The molecule has 1 heterocycles. The molecular formula is C13H16N2O3S. The Bertz CT molecular complexity index is 475. The number of aliphatic carboxylic acids is 1. The van der Waals surface area contributed by atoms with Crippen LogP contribution in [0.15, 0.2) is 24.3 Å². The van der Waals surface area contributed by atoms with E-state index >= 15 is 0 Å². The fourth-order valence-corrected chi connectivity index (χ4v) is 3.14. The molecule has 0 aliphatic carbocycles. The number of nitrogen functional groups attached to an aromatic ring is 1. The normalized spacial score (nSPS) is 18.5. The van der Waals surface area contributed by atoms with E-state index in [9.17, 15) is 9.59 Å². The van der Waals surface area contributed by atoms with Gasteiger partial charge in [0.25, 0.3) is 0 Å². The lowest BCUT2D eigenvalue weighted by Crippen LogP contribution is -2.41. The summed E-state index contributed by atoms with van der Waals surface area (Å²) in [6.45, 7) is 0. The first-order chi connectivity index (χ1) is 9.08. The van der Waals surface area contributed by atoms with Crippen LogP contribution < -0.4 is 5.73 Å². The SMILES string of the molecule is Nc1ccc(CCC(=O)N2CSC[C@H]2C(=O)O)cc1. The number of benzene rings is 1. The Labute approximate surface area is 115 Å². The number of carboxylic acids is 1. The molecule has 2 rings (SSSR count). The first-order valence-corrected chi connectivity index (χ1v) is 7.18. The van der Waals surface area contributed by atoms with Crippen LogP contribution in [-0.2, 0) is 16.0 Å². The number of amides is 1. The summed E-state index contributed by atoms with van der Waals surface area (Å²) < 4.78 is 0. The standard InChI is InChI=1S/C13H16N2O3S/c14-10-4-1-9(2-5-10)3-6-12(16)15-8-19-7-11(15)13(17)18/h1-2,4-5,11H,3,6-8,14H2,(H,17,18)/t11-/m0/s1. The molecule has 5 nitrogen and oxygen atoms in total. The zero-order valence-corrected chi connectivity index (χ0v) is 11.2. The fraction of sp³-hybridized carbons (Fsp3) is 0.385. The number of hydrogen-bond donors (Lipinski definition) is 2. The van der Waals surface area contributed by atoms with E-state index in [-0.39, 0.29) is 5.91 Å². The van der Waals surface area contributed by atoms with Gasteiger partial charge in [-0.3, -0.25) is 4.79 Å². The maximum absolute atomic E-state index is 12.0. The number of aryl methyl sites for hydroxylation is 1. The van der Waals surface area contributed by atoms with E-state index in [0.717, 1.165) is 5.56 Å². The van der Waals surface area contributed by atoms with Crippen molar-refractivity contribution in [3.63, 3.8) is 0 Å². The summed E-state index contributed by atoms with van der Waals surface area (Å²) >= 11 is 1.48. The quantitative estimate of drug-likeness (QED) is 0.809. The fourth-order valence-electron chi connectivity index (χ4n) is 1.97. The number of carboxylic acid groups (broad SMARTS) is 1. The highest BCUT2D eigenvalue weighted by molar-refractivity contribution is 7.99. The number of rotatable bonds is 4. The van der Waals surface area contributed by atoms with Gasteiger partial charge in [-0.25, -0.2) is 4.79 Å². The number of anilines is 1. The Balaban J connectivity index is 1.90. The molecule has 1 fully saturated rings. The van der Waals surface area contributed by atoms with Crippen molar-refractivity contribution in [2.75, 3.05) is 17.4 Å². The van der Waals surface area contributed by atoms with E-state index < -0.39 is 12.0 Å². The third-order valence-corrected chi connectivity index (χ3v) is 4.11. The molecule has 3 N–H and O–H groups in total. The highest BCUT2D eigenvalue weighted by Crippen LogP contribution is 2.22. The number of hydrogen-bond acceptors (Lipinski definition) is 4. The molecule has 1 aromatic carbocycles. The van der Waals surface area contributed by atoms with E-state index in [1.807, 2.05) is 12.1 Å². The lowest BCUT2D eigenvalue weighted by atomic mass is 10.1. The van der Waals surface area contributed by atoms with Crippen molar-refractivity contribution in [3.05, 3.63) is 29.8 Å². The second kappa shape index (κ2) is 5.97. The largest absolute Gasteiger partial charge is 0.480 e. The Kier molecular flexibility index (Phi) is 4.31. The van der Waals surface area contributed by atoms with Crippen molar-refractivity contribution in [3.8, 4) is 0 Å². The minimum absolute atomic E-state index is 0.103. The van der Waals surface area contributed by atoms with Crippen molar-refractivity contribution in [2.24, 2.45) is 0 Å². The van der Waals surface area contributed by atoms with Gasteiger partial charge in [0.15, 0.2) is 0 Å². The number of thioether (sulfide) groups is 1. The maximum atomic E-state index is 12.0. The molecule has 0 radical (unpaired) electrons. The third kappa shape index (κ3) is 3.41. The number of nitrogens with zero attached hydrogens (tertiary/aromatic N) is 1. The predicted molar refractivity (Wildman–Crippen MR) is 74.8 cm³/mol. The Hall–Kier alpha value is -1.69. The maximum Gasteiger partial charge on any atom is 0.327 e. The average Bonchev–Trinajstić information content (AvgIpc) is 2.87. The second-order valence-electron chi connectivity index (χ2n) is 4.46. The van der Waals surface area contributed by atoms with Crippen molar-refractivity contribution in [2.45, 2.75) is 18.9 Å². The molecular weight excluding hydrogens is 264 g/mol. The van der Waals surface area contributed by atoms with Gasteiger partial charge >= 0.3 is 5.97 Å². The summed E-state index contributed by atoms with van der Waals surface area (Å²) in [6, 6.07) is 6.69. The van der Waals surface area contributed by atoms with Gasteiger partial charge in [-0.15, -0.1) is 11.8 Å². The summed E-state index contributed by atoms with van der Waals surface area (Å²) in [5.41, 5.74) is 7.31. The smallest absolute Gasteiger partial charge is 0.327 e. The molecule has 1 aliphatic rings. The Morgan fingerprint density at radius 1 is 1.37 bits per heavy atom. The lowest BCUT2D eigenvalue weighted by molar-refractivity contribution is -0.147. The minimum Gasteiger partial charge on any atom is -0.480 e. The number of carbonyl (C=O) groups excluding carboxylic acids is 1. The van der Waals surface area contributed by atoms with Gasteiger partial charge in [-0.2, -0.15) is 0 Å². The summed E-state index contributed by atoms with van der Waals surface area (Å²) in [4.78, 5) is 24.5. The van der Waals surface area contributed by atoms with Crippen LogP contribution in [-0.4, -0.2) is 39.6 Å². The van der Waals surface area contributed by atoms with Crippen LogP contribution in [0.4, 0.5) is 5.69 Å². The van der Waals surface area contributed by atoms with Crippen molar-refractivity contribution in [1.29, 1.82) is 0 Å². The van der Waals surface area contributed by atoms with Crippen LogP contribution in [0, 0.1) is 0 Å². The third-order valence-electron chi connectivity index (χ3n) is 3.09. The molecule has 0 spiro atoms. The highest BCUT2D eigenvalue weighted by atomic mass is 32.2.